The third-order valence-corrected chi connectivity index (χ3v) is 3.54. The molecule has 2 aromatic rings. The fourth-order valence-electron chi connectivity index (χ4n) is 2.29. The smallest absolute Gasteiger partial charge is 0.340 e. The first-order valence-corrected chi connectivity index (χ1v) is 7.77. The first-order chi connectivity index (χ1) is 11.5. The number of carbonyl (C=O) groups excluding carboxylic acids is 2. The van der Waals surface area contributed by atoms with Gasteiger partial charge in [0.2, 0.25) is 0 Å². The zero-order chi connectivity index (χ0) is 17.5. The summed E-state index contributed by atoms with van der Waals surface area (Å²) in [5, 5.41) is 12.6. The van der Waals surface area contributed by atoms with Crippen LogP contribution in [0.25, 0.3) is 0 Å². The molecule has 2 N–H and O–H groups in total. The van der Waals surface area contributed by atoms with E-state index >= 15 is 0 Å². The maximum absolute atomic E-state index is 12.0. The standard InChI is InChI=1S/C19H21NO4/c1-13(2)15-10-6-7-11-16(15)20-17(21)12-24-19(23)18(22)14-8-4-3-5-9-14/h3-11,13,18,22H,12H2,1-2H3,(H,20,21)/t18-/m1/s1. The number of hydrogen-bond acceptors (Lipinski definition) is 4. The number of ether oxygens (including phenoxy) is 1. The van der Waals surface area contributed by atoms with Crippen LogP contribution in [0.4, 0.5) is 5.69 Å². The Bertz CT molecular complexity index is 698. The Morgan fingerprint density at radius 3 is 2.33 bits per heavy atom. The van der Waals surface area contributed by atoms with Crippen LogP contribution in [-0.4, -0.2) is 23.6 Å². The summed E-state index contributed by atoms with van der Waals surface area (Å²) in [4.78, 5) is 23.8. The number of anilines is 1. The van der Waals surface area contributed by atoms with Gasteiger partial charge in [-0.05, 0) is 23.1 Å². The molecule has 0 heterocycles. The summed E-state index contributed by atoms with van der Waals surface area (Å²) in [6, 6.07) is 15.9. The third kappa shape index (κ3) is 4.67. The van der Waals surface area contributed by atoms with E-state index < -0.39 is 24.6 Å². The highest BCUT2D eigenvalue weighted by atomic mass is 16.5. The number of esters is 1. The lowest BCUT2D eigenvalue weighted by atomic mass is 10.0. The number of hydrogen-bond donors (Lipinski definition) is 2. The van der Waals surface area contributed by atoms with Crippen molar-refractivity contribution in [1.29, 1.82) is 0 Å². The molecule has 0 bridgehead atoms. The van der Waals surface area contributed by atoms with Crippen LogP contribution in [-0.2, 0) is 14.3 Å². The van der Waals surface area contributed by atoms with Crippen LogP contribution >= 0.6 is 0 Å². The fraction of sp³-hybridized carbons (Fsp3) is 0.263. The van der Waals surface area contributed by atoms with E-state index in [-0.39, 0.29) is 5.92 Å². The molecule has 0 aliphatic carbocycles. The van der Waals surface area contributed by atoms with Crippen molar-refractivity contribution in [3.05, 3.63) is 65.7 Å². The van der Waals surface area contributed by atoms with Crippen LogP contribution in [0, 0.1) is 0 Å². The van der Waals surface area contributed by atoms with Gasteiger partial charge in [0, 0.05) is 5.69 Å². The second kappa shape index (κ2) is 8.26. The molecule has 0 radical (unpaired) electrons. The van der Waals surface area contributed by atoms with Gasteiger partial charge in [-0.15, -0.1) is 0 Å². The zero-order valence-electron chi connectivity index (χ0n) is 13.7. The number of nitrogens with one attached hydrogen (secondary N) is 1. The number of aliphatic hydroxyl groups is 1. The van der Waals surface area contributed by atoms with Gasteiger partial charge in [-0.2, -0.15) is 0 Å². The Morgan fingerprint density at radius 2 is 1.67 bits per heavy atom. The summed E-state index contributed by atoms with van der Waals surface area (Å²) >= 11 is 0. The monoisotopic (exact) mass is 327 g/mol. The summed E-state index contributed by atoms with van der Waals surface area (Å²) in [5.41, 5.74) is 2.12. The molecular weight excluding hydrogens is 306 g/mol. The van der Waals surface area contributed by atoms with Gasteiger partial charge in [-0.1, -0.05) is 62.4 Å². The second-order valence-electron chi connectivity index (χ2n) is 5.71. The Labute approximate surface area is 141 Å². The molecule has 0 spiro atoms. The average Bonchev–Trinajstić information content (AvgIpc) is 2.60. The fourth-order valence-corrected chi connectivity index (χ4v) is 2.29. The molecule has 2 aromatic carbocycles. The zero-order valence-corrected chi connectivity index (χ0v) is 13.7. The van der Waals surface area contributed by atoms with E-state index in [4.69, 9.17) is 4.74 Å². The third-order valence-electron chi connectivity index (χ3n) is 3.54. The predicted octanol–water partition coefficient (Wildman–Crippen LogP) is 3.03. The molecule has 0 fully saturated rings. The van der Waals surface area contributed by atoms with Gasteiger partial charge in [0.15, 0.2) is 12.7 Å². The summed E-state index contributed by atoms with van der Waals surface area (Å²) < 4.78 is 4.89. The molecule has 1 amide bonds. The quantitative estimate of drug-likeness (QED) is 0.800. The molecule has 2 rings (SSSR count). The molecule has 5 heteroatoms. The van der Waals surface area contributed by atoms with E-state index in [1.807, 2.05) is 32.0 Å². The van der Waals surface area contributed by atoms with E-state index in [1.54, 1.807) is 36.4 Å². The minimum Gasteiger partial charge on any atom is -0.453 e. The lowest BCUT2D eigenvalue weighted by Gasteiger charge is -2.14. The van der Waals surface area contributed by atoms with E-state index in [1.165, 1.54) is 0 Å². The molecule has 5 nitrogen and oxygen atoms in total. The second-order valence-corrected chi connectivity index (χ2v) is 5.71. The van der Waals surface area contributed by atoms with Crippen LogP contribution in [0.1, 0.15) is 37.0 Å². The largest absolute Gasteiger partial charge is 0.453 e. The number of amides is 1. The molecular formula is C19H21NO4. The van der Waals surface area contributed by atoms with Gasteiger partial charge >= 0.3 is 5.97 Å². The van der Waals surface area contributed by atoms with Crippen molar-refractivity contribution in [3.8, 4) is 0 Å². The lowest BCUT2D eigenvalue weighted by Crippen LogP contribution is -2.24. The SMILES string of the molecule is CC(C)c1ccccc1NC(=O)COC(=O)[C@H](O)c1ccccc1. The molecule has 0 saturated heterocycles. The highest BCUT2D eigenvalue weighted by molar-refractivity contribution is 5.93. The first kappa shape index (κ1) is 17.7. The maximum Gasteiger partial charge on any atom is 0.340 e. The van der Waals surface area contributed by atoms with Crippen molar-refractivity contribution in [2.24, 2.45) is 0 Å². The molecule has 1 atom stereocenters. The van der Waals surface area contributed by atoms with Crippen LogP contribution in [0.3, 0.4) is 0 Å². The van der Waals surface area contributed by atoms with Gasteiger partial charge in [-0.25, -0.2) is 4.79 Å². The maximum atomic E-state index is 12.0. The van der Waals surface area contributed by atoms with Crippen molar-refractivity contribution in [1.82, 2.24) is 0 Å². The molecule has 0 aliphatic heterocycles. The number of para-hydroxylation sites is 1. The number of benzene rings is 2. The molecule has 126 valence electrons. The van der Waals surface area contributed by atoms with E-state index in [9.17, 15) is 14.7 Å². The van der Waals surface area contributed by atoms with Crippen molar-refractivity contribution in [2.75, 3.05) is 11.9 Å². The van der Waals surface area contributed by atoms with Crippen molar-refractivity contribution >= 4 is 17.6 Å². The average molecular weight is 327 g/mol. The molecule has 0 unspecified atom stereocenters. The normalized spacial score (nSPS) is 11.8. The molecule has 24 heavy (non-hydrogen) atoms. The van der Waals surface area contributed by atoms with Crippen molar-refractivity contribution in [3.63, 3.8) is 0 Å². The van der Waals surface area contributed by atoms with Gasteiger partial charge in [0.25, 0.3) is 5.91 Å². The molecule has 0 saturated carbocycles. The van der Waals surface area contributed by atoms with Gasteiger partial charge in [-0.3, -0.25) is 4.79 Å². The predicted molar refractivity (Wildman–Crippen MR) is 91.5 cm³/mol. The van der Waals surface area contributed by atoms with E-state index in [2.05, 4.69) is 5.32 Å². The summed E-state index contributed by atoms with van der Waals surface area (Å²) in [5.74, 6) is -1.05. The van der Waals surface area contributed by atoms with Gasteiger partial charge in [0.05, 0.1) is 0 Å². The van der Waals surface area contributed by atoms with Crippen LogP contribution in [0.5, 0.6) is 0 Å². The van der Waals surface area contributed by atoms with Gasteiger partial charge < -0.3 is 15.2 Å². The van der Waals surface area contributed by atoms with Crippen LogP contribution in [0.15, 0.2) is 54.6 Å². The van der Waals surface area contributed by atoms with Crippen molar-refractivity contribution < 1.29 is 19.4 Å². The number of rotatable bonds is 6. The van der Waals surface area contributed by atoms with Crippen LogP contribution < -0.4 is 5.32 Å². The topological polar surface area (TPSA) is 75.6 Å². The van der Waals surface area contributed by atoms with E-state index in [0.717, 1.165) is 5.56 Å². The lowest BCUT2D eigenvalue weighted by molar-refractivity contribution is -0.156. The Balaban J connectivity index is 1.91. The minimum atomic E-state index is -1.40. The van der Waals surface area contributed by atoms with Gasteiger partial charge in [0.1, 0.15) is 0 Å². The highest BCUT2D eigenvalue weighted by Gasteiger charge is 2.20. The minimum absolute atomic E-state index is 0.254. The molecule has 0 aliphatic rings. The Morgan fingerprint density at radius 1 is 1.04 bits per heavy atom. The first-order valence-electron chi connectivity index (χ1n) is 7.77. The number of carbonyl (C=O) groups is 2. The van der Waals surface area contributed by atoms with Crippen molar-refractivity contribution in [2.45, 2.75) is 25.9 Å². The molecule has 0 aromatic heterocycles. The van der Waals surface area contributed by atoms with E-state index in [0.29, 0.717) is 11.3 Å². The highest BCUT2D eigenvalue weighted by Crippen LogP contribution is 2.23. The van der Waals surface area contributed by atoms with Crippen LogP contribution in [0.2, 0.25) is 0 Å². The summed E-state index contributed by atoms with van der Waals surface area (Å²) in [6.07, 6.45) is -1.40. The summed E-state index contributed by atoms with van der Waals surface area (Å²) in [7, 11) is 0. The number of aliphatic hydroxyl groups excluding tert-OH is 1. The Kier molecular flexibility index (Phi) is 6.09. The summed E-state index contributed by atoms with van der Waals surface area (Å²) in [6.45, 7) is 3.61. The Hall–Kier alpha value is -2.66.